The lowest BCUT2D eigenvalue weighted by Gasteiger charge is -2.25. The van der Waals surface area contributed by atoms with E-state index in [1.54, 1.807) is 0 Å². The lowest BCUT2D eigenvalue weighted by Crippen LogP contribution is -2.35. The number of aryl methyl sites for hydroxylation is 3. The number of nitrogens with zero attached hydrogens (tertiary/aromatic N) is 2. The van der Waals surface area contributed by atoms with Crippen LogP contribution in [0.25, 0.3) is 0 Å². The standard InChI is InChI=1S/C19H26N2O3/c1-13-7-14(2)9-17(8-13)23-12-16(22)11-21-6-4-5-18(21)19-10-15(3)20-24-19/h7-10,16,18,22H,4-6,11-12H2,1-3H3/t16-,18-/m0/s1. The molecule has 0 amide bonds. The van der Waals surface area contributed by atoms with E-state index in [2.05, 4.69) is 16.1 Å². The van der Waals surface area contributed by atoms with Gasteiger partial charge >= 0.3 is 0 Å². The highest BCUT2D eigenvalue weighted by atomic mass is 16.5. The molecule has 130 valence electrons. The summed E-state index contributed by atoms with van der Waals surface area (Å²) in [4.78, 5) is 2.26. The molecule has 0 bridgehead atoms. The van der Waals surface area contributed by atoms with Gasteiger partial charge in [-0.25, -0.2) is 0 Å². The summed E-state index contributed by atoms with van der Waals surface area (Å²) in [5.74, 6) is 1.71. The maximum Gasteiger partial charge on any atom is 0.154 e. The summed E-state index contributed by atoms with van der Waals surface area (Å²) in [6, 6.07) is 8.30. The number of β-amino-alcohol motifs (C(OH)–C–C–N with tert-alkyl or cyclic N) is 1. The Balaban J connectivity index is 1.55. The Labute approximate surface area is 143 Å². The molecule has 1 fully saturated rings. The van der Waals surface area contributed by atoms with E-state index in [1.807, 2.05) is 39.0 Å². The summed E-state index contributed by atoms with van der Waals surface area (Å²) >= 11 is 0. The van der Waals surface area contributed by atoms with Gasteiger partial charge in [0.05, 0.1) is 11.7 Å². The number of hydrogen-bond acceptors (Lipinski definition) is 5. The summed E-state index contributed by atoms with van der Waals surface area (Å²) in [5, 5.41) is 14.3. The van der Waals surface area contributed by atoms with Crippen molar-refractivity contribution >= 4 is 0 Å². The van der Waals surface area contributed by atoms with Crippen LogP contribution in [-0.4, -0.2) is 41.0 Å². The highest BCUT2D eigenvalue weighted by molar-refractivity contribution is 5.33. The summed E-state index contributed by atoms with van der Waals surface area (Å²) in [7, 11) is 0. The van der Waals surface area contributed by atoms with Crippen molar-refractivity contribution in [2.75, 3.05) is 19.7 Å². The Kier molecular flexibility index (Phi) is 5.21. The van der Waals surface area contributed by atoms with Crippen LogP contribution < -0.4 is 4.74 Å². The molecule has 1 N–H and O–H groups in total. The first kappa shape index (κ1) is 17.0. The van der Waals surface area contributed by atoms with E-state index in [0.29, 0.717) is 13.2 Å². The number of ether oxygens (including phenoxy) is 1. The molecule has 0 unspecified atom stereocenters. The average molecular weight is 330 g/mol. The molecule has 1 aliphatic heterocycles. The molecule has 2 aromatic rings. The molecule has 0 spiro atoms. The second-order valence-electron chi connectivity index (χ2n) is 6.81. The molecule has 1 aliphatic rings. The Morgan fingerprint density at radius 3 is 2.67 bits per heavy atom. The van der Waals surface area contributed by atoms with Crippen molar-refractivity contribution in [2.24, 2.45) is 0 Å². The van der Waals surface area contributed by atoms with Crippen molar-refractivity contribution in [1.29, 1.82) is 0 Å². The lowest BCUT2D eigenvalue weighted by molar-refractivity contribution is 0.0597. The molecule has 24 heavy (non-hydrogen) atoms. The molecule has 1 saturated heterocycles. The zero-order chi connectivity index (χ0) is 17.1. The van der Waals surface area contributed by atoms with Crippen molar-refractivity contribution in [3.05, 3.63) is 46.8 Å². The first-order chi connectivity index (χ1) is 11.5. The van der Waals surface area contributed by atoms with Crippen molar-refractivity contribution < 1.29 is 14.4 Å². The minimum absolute atomic E-state index is 0.210. The molecule has 2 atom stereocenters. The molecule has 5 nitrogen and oxygen atoms in total. The predicted octanol–water partition coefficient (Wildman–Crippen LogP) is 3.18. The molecule has 1 aromatic carbocycles. The molecule has 5 heteroatoms. The zero-order valence-corrected chi connectivity index (χ0v) is 14.7. The van der Waals surface area contributed by atoms with Gasteiger partial charge in [0.2, 0.25) is 0 Å². The van der Waals surface area contributed by atoms with Crippen LogP contribution in [0.1, 0.15) is 41.5 Å². The number of hydrogen-bond donors (Lipinski definition) is 1. The van der Waals surface area contributed by atoms with E-state index in [0.717, 1.165) is 36.6 Å². The summed E-state index contributed by atoms with van der Waals surface area (Å²) in [6.45, 7) is 7.86. The quantitative estimate of drug-likeness (QED) is 0.881. The average Bonchev–Trinajstić information content (AvgIpc) is 3.13. The van der Waals surface area contributed by atoms with Crippen LogP contribution in [0.15, 0.2) is 28.8 Å². The van der Waals surface area contributed by atoms with Gasteiger partial charge in [-0.05, 0) is 63.4 Å². The second kappa shape index (κ2) is 7.36. The molecule has 2 heterocycles. The summed E-state index contributed by atoms with van der Waals surface area (Å²) < 4.78 is 11.2. The normalized spacial score (nSPS) is 19.6. The number of rotatable bonds is 6. The van der Waals surface area contributed by atoms with Crippen molar-refractivity contribution in [3.63, 3.8) is 0 Å². The van der Waals surface area contributed by atoms with Crippen LogP contribution in [0.3, 0.4) is 0 Å². The second-order valence-corrected chi connectivity index (χ2v) is 6.81. The maximum atomic E-state index is 10.4. The van der Waals surface area contributed by atoms with Crippen LogP contribution in [-0.2, 0) is 0 Å². The van der Waals surface area contributed by atoms with E-state index in [9.17, 15) is 5.11 Å². The topological polar surface area (TPSA) is 58.7 Å². The monoisotopic (exact) mass is 330 g/mol. The first-order valence-corrected chi connectivity index (χ1v) is 8.57. The third-order valence-electron chi connectivity index (χ3n) is 4.42. The van der Waals surface area contributed by atoms with E-state index in [-0.39, 0.29) is 6.04 Å². The van der Waals surface area contributed by atoms with E-state index >= 15 is 0 Å². The van der Waals surface area contributed by atoms with Crippen LogP contribution >= 0.6 is 0 Å². The zero-order valence-electron chi connectivity index (χ0n) is 14.7. The Morgan fingerprint density at radius 2 is 2.00 bits per heavy atom. The minimum atomic E-state index is -0.532. The smallest absolute Gasteiger partial charge is 0.154 e. The number of benzene rings is 1. The van der Waals surface area contributed by atoms with Gasteiger partial charge in [0, 0.05) is 12.6 Å². The van der Waals surface area contributed by atoms with E-state index < -0.39 is 6.10 Å². The largest absolute Gasteiger partial charge is 0.491 e. The van der Waals surface area contributed by atoms with Gasteiger partial charge < -0.3 is 14.4 Å². The van der Waals surface area contributed by atoms with Crippen LogP contribution in [0.4, 0.5) is 0 Å². The number of likely N-dealkylation sites (tertiary alicyclic amines) is 1. The predicted molar refractivity (Wildman–Crippen MR) is 92.2 cm³/mol. The van der Waals surface area contributed by atoms with Crippen molar-refractivity contribution in [2.45, 2.75) is 45.8 Å². The maximum absolute atomic E-state index is 10.4. The number of aliphatic hydroxyl groups excluding tert-OH is 1. The fourth-order valence-electron chi connectivity index (χ4n) is 3.44. The molecular weight excluding hydrogens is 304 g/mol. The van der Waals surface area contributed by atoms with Crippen LogP contribution in [0.2, 0.25) is 0 Å². The SMILES string of the molecule is Cc1cc(C)cc(OC[C@@H](O)CN2CCC[C@H]2c2cc(C)no2)c1. The Hall–Kier alpha value is -1.85. The summed E-state index contributed by atoms with van der Waals surface area (Å²) in [5.41, 5.74) is 3.23. The minimum Gasteiger partial charge on any atom is -0.491 e. The third kappa shape index (κ3) is 4.16. The highest BCUT2D eigenvalue weighted by Crippen LogP contribution is 2.32. The first-order valence-electron chi connectivity index (χ1n) is 8.57. The summed E-state index contributed by atoms with van der Waals surface area (Å²) in [6.07, 6.45) is 1.62. The fraction of sp³-hybridized carbons (Fsp3) is 0.526. The number of aromatic nitrogens is 1. The van der Waals surface area contributed by atoms with Gasteiger partial charge in [-0.2, -0.15) is 0 Å². The van der Waals surface area contributed by atoms with Crippen molar-refractivity contribution in [3.8, 4) is 5.75 Å². The highest BCUT2D eigenvalue weighted by Gasteiger charge is 2.30. The molecule has 0 saturated carbocycles. The Bertz CT molecular complexity index is 663. The van der Waals surface area contributed by atoms with Gasteiger partial charge in [0.15, 0.2) is 5.76 Å². The molecule has 0 radical (unpaired) electrons. The van der Waals surface area contributed by atoms with Gasteiger partial charge in [-0.15, -0.1) is 0 Å². The van der Waals surface area contributed by atoms with Crippen LogP contribution in [0.5, 0.6) is 5.75 Å². The van der Waals surface area contributed by atoms with E-state index in [1.165, 1.54) is 11.1 Å². The van der Waals surface area contributed by atoms with Gasteiger partial charge in [-0.1, -0.05) is 11.2 Å². The van der Waals surface area contributed by atoms with Crippen LogP contribution in [0, 0.1) is 20.8 Å². The lowest BCUT2D eigenvalue weighted by atomic mass is 10.1. The molecule has 0 aliphatic carbocycles. The van der Waals surface area contributed by atoms with E-state index in [4.69, 9.17) is 9.26 Å². The Morgan fingerprint density at radius 1 is 1.25 bits per heavy atom. The van der Waals surface area contributed by atoms with Gasteiger partial charge in [0.1, 0.15) is 18.5 Å². The van der Waals surface area contributed by atoms with Gasteiger partial charge in [0.25, 0.3) is 0 Å². The molecule has 3 rings (SSSR count). The fourth-order valence-corrected chi connectivity index (χ4v) is 3.44. The third-order valence-corrected chi connectivity index (χ3v) is 4.42. The van der Waals surface area contributed by atoms with Crippen molar-refractivity contribution in [1.82, 2.24) is 10.1 Å². The molecular formula is C19H26N2O3. The number of aliphatic hydroxyl groups is 1. The molecule has 1 aromatic heterocycles. The van der Waals surface area contributed by atoms with Gasteiger partial charge in [-0.3, -0.25) is 4.90 Å².